The Kier molecular flexibility index (Phi) is 21.5. The van der Waals surface area contributed by atoms with E-state index in [1.54, 1.807) is 18.5 Å². The predicted molar refractivity (Wildman–Crippen MR) is 154 cm³/mol. The first-order valence-corrected chi connectivity index (χ1v) is 19.7. The summed E-state index contributed by atoms with van der Waals surface area (Å²) < 4.78 is -1.63. The summed E-state index contributed by atoms with van der Waals surface area (Å²) in [7, 11) is 0. The normalized spacial score (nSPS) is 13.4. The second kappa shape index (κ2) is 20.7. The zero-order valence-corrected chi connectivity index (χ0v) is 24.4. The van der Waals surface area contributed by atoms with E-state index in [0.717, 1.165) is 6.54 Å². The average Bonchev–Trinajstić information content (AvgIpc) is 2.75. The molecule has 0 saturated heterocycles. The van der Waals surface area contributed by atoms with E-state index in [9.17, 15) is 0 Å². The third-order valence-corrected chi connectivity index (χ3v) is 18.7. The molecule has 0 radical (unpaired) electrons. The van der Waals surface area contributed by atoms with E-state index >= 15 is 0 Å². The molecule has 30 heavy (non-hydrogen) atoms. The Labute approximate surface area is 205 Å². The van der Waals surface area contributed by atoms with Crippen LogP contribution in [-0.4, -0.2) is 31.2 Å². The SMILES string of the molecule is CCCCCCCCP(I)(CCCN)(CCCCCCCC)CCCCCCCC. The van der Waals surface area contributed by atoms with E-state index in [0.29, 0.717) is 0 Å². The molecular formula is C27H59INP. The van der Waals surface area contributed by atoms with Crippen LogP contribution < -0.4 is 5.73 Å². The van der Waals surface area contributed by atoms with Crippen LogP contribution in [0.4, 0.5) is 0 Å². The fourth-order valence-electron chi connectivity index (χ4n) is 5.02. The van der Waals surface area contributed by atoms with Gasteiger partial charge in [0.1, 0.15) is 0 Å². The molecule has 0 spiro atoms. The van der Waals surface area contributed by atoms with E-state index in [1.165, 1.54) is 128 Å². The molecule has 0 aromatic carbocycles. The van der Waals surface area contributed by atoms with Crippen molar-refractivity contribution < 1.29 is 0 Å². The van der Waals surface area contributed by atoms with Gasteiger partial charge in [-0.05, 0) is 0 Å². The monoisotopic (exact) mass is 555 g/mol. The van der Waals surface area contributed by atoms with E-state index < -0.39 is 4.25 Å². The molecule has 0 unspecified atom stereocenters. The topological polar surface area (TPSA) is 26.0 Å². The molecule has 0 aliphatic heterocycles. The predicted octanol–water partition coefficient (Wildman–Crippen LogP) is 10.3. The van der Waals surface area contributed by atoms with Gasteiger partial charge in [-0.1, -0.05) is 0 Å². The molecule has 0 fully saturated rings. The van der Waals surface area contributed by atoms with Crippen LogP contribution >= 0.6 is 26.3 Å². The Morgan fingerprint density at radius 3 is 1.00 bits per heavy atom. The zero-order valence-electron chi connectivity index (χ0n) is 21.4. The number of rotatable bonds is 24. The number of hydrogen-bond donors (Lipinski definition) is 1. The number of halogens is 1. The molecule has 0 bridgehead atoms. The summed E-state index contributed by atoms with van der Waals surface area (Å²) in [6, 6.07) is 0. The van der Waals surface area contributed by atoms with Crippen molar-refractivity contribution in [3.63, 3.8) is 0 Å². The van der Waals surface area contributed by atoms with Crippen LogP contribution in [0.3, 0.4) is 0 Å². The standard InChI is InChI=1S/C27H59INP/c1-4-7-10-13-16-19-24-30(28,27-22-23-29,25-20-17-14-11-8-5-2)26-21-18-15-12-9-6-3/h4-27,29H2,1-3H3. The van der Waals surface area contributed by atoms with Crippen LogP contribution in [0.15, 0.2) is 0 Å². The fourth-order valence-corrected chi connectivity index (χ4v) is 14.5. The summed E-state index contributed by atoms with van der Waals surface area (Å²) in [5.41, 5.74) is 6.04. The van der Waals surface area contributed by atoms with Crippen LogP contribution in [0.2, 0.25) is 0 Å². The Bertz CT molecular complexity index is 317. The molecule has 0 rings (SSSR count). The molecule has 0 aliphatic rings. The second-order valence-electron chi connectivity index (χ2n) is 10.2. The van der Waals surface area contributed by atoms with Gasteiger partial charge in [0.25, 0.3) is 0 Å². The molecule has 1 nitrogen and oxygen atoms in total. The third kappa shape index (κ3) is 16.7. The number of hydrogen-bond acceptors (Lipinski definition) is 1. The summed E-state index contributed by atoms with van der Waals surface area (Å²) in [6.07, 6.45) is 33.4. The van der Waals surface area contributed by atoms with Gasteiger partial charge >= 0.3 is 206 Å². The van der Waals surface area contributed by atoms with Crippen LogP contribution in [0, 0.1) is 0 Å². The van der Waals surface area contributed by atoms with Crippen LogP contribution in [0.5, 0.6) is 0 Å². The minimum atomic E-state index is -1.63. The summed E-state index contributed by atoms with van der Waals surface area (Å²) in [6.45, 7) is 7.87. The van der Waals surface area contributed by atoms with Crippen LogP contribution in [0.1, 0.15) is 143 Å². The van der Waals surface area contributed by atoms with Gasteiger partial charge in [-0.25, -0.2) is 0 Å². The minimum absolute atomic E-state index is 0.893. The van der Waals surface area contributed by atoms with Crippen molar-refractivity contribution in [2.45, 2.75) is 143 Å². The van der Waals surface area contributed by atoms with E-state index in [-0.39, 0.29) is 0 Å². The summed E-state index contributed by atoms with van der Waals surface area (Å²) in [4.78, 5) is 0. The molecule has 0 aromatic rings. The van der Waals surface area contributed by atoms with Crippen molar-refractivity contribution in [1.29, 1.82) is 0 Å². The van der Waals surface area contributed by atoms with Gasteiger partial charge in [0.2, 0.25) is 0 Å². The molecular weight excluding hydrogens is 496 g/mol. The molecule has 0 amide bonds. The first-order chi connectivity index (χ1) is 14.5. The first kappa shape index (κ1) is 31.1. The van der Waals surface area contributed by atoms with Gasteiger partial charge in [0.05, 0.1) is 0 Å². The van der Waals surface area contributed by atoms with Crippen molar-refractivity contribution >= 4 is 26.3 Å². The average molecular weight is 556 g/mol. The molecule has 0 heterocycles. The zero-order chi connectivity index (χ0) is 22.4. The van der Waals surface area contributed by atoms with Gasteiger partial charge in [0, 0.05) is 0 Å². The van der Waals surface area contributed by atoms with Crippen molar-refractivity contribution in [2.75, 3.05) is 31.2 Å². The maximum absolute atomic E-state index is 6.04. The maximum atomic E-state index is 6.04. The Balaban J connectivity index is 4.80. The van der Waals surface area contributed by atoms with Crippen molar-refractivity contribution in [2.24, 2.45) is 5.73 Å². The Hall–Kier alpha value is 1.12. The molecule has 2 N–H and O–H groups in total. The van der Waals surface area contributed by atoms with Crippen molar-refractivity contribution in [1.82, 2.24) is 0 Å². The van der Waals surface area contributed by atoms with E-state index in [1.807, 2.05) is 0 Å². The summed E-state index contributed by atoms with van der Waals surface area (Å²) in [5.74, 6) is 0. The third-order valence-electron chi connectivity index (χ3n) is 7.13. The second-order valence-corrected chi connectivity index (χ2v) is 23.8. The molecule has 3 heteroatoms. The van der Waals surface area contributed by atoms with E-state index in [2.05, 4.69) is 42.8 Å². The first-order valence-electron chi connectivity index (χ1n) is 14.0. The van der Waals surface area contributed by atoms with Crippen LogP contribution in [-0.2, 0) is 0 Å². The fraction of sp³-hybridized carbons (Fsp3) is 1.00. The van der Waals surface area contributed by atoms with Gasteiger partial charge in [0.15, 0.2) is 0 Å². The van der Waals surface area contributed by atoms with Gasteiger partial charge in [-0.3, -0.25) is 0 Å². The van der Waals surface area contributed by atoms with Gasteiger partial charge in [-0.15, -0.1) is 0 Å². The number of unbranched alkanes of at least 4 members (excludes halogenated alkanes) is 15. The Morgan fingerprint density at radius 2 is 0.700 bits per heavy atom. The van der Waals surface area contributed by atoms with Crippen LogP contribution in [0.25, 0.3) is 0 Å². The van der Waals surface area contributed by atoms with Crippen molar-refractivity contribution in [3.05, 3.63) is 0 Å². The molecule has 0 aromatic heterocycles. The van der Waals surface area contributed by atoms with Gasteiger partial charge < -0.3 is 0 Å². The summed E-state index contributed by atoms with van der Waals surface area (Å²) >= 11 is 3.11. The molecule has 184 valence electrons. The Morgan fingerprint density at radius 1 is 0.433 bits per heavy atom. The molecule has 0 aliphatic carbocycles. The molecule has 0 saturated carbocycles. The van der Waals surface area contributed by atoms with Crippen molar-refractivity contribution in [3.8, 4) is 0 Å². The number of nitrogens with two attached hydrogens (primary N) is 1. The quantitative estimate of drug-likeness (QED) is 0.0716. The summed E-state index contributed by atoms with van der Waals surface area (Å²) in [5, 5.41) is 0. The molecule has 0 atom stereocenters. The van der Waals surface area contributed by atoms with Gasteiger partial charge in [-0.2, -0.15) is 0 Å². The van der Waals surface area contributed by atoms with E-state index in [4.69, 9.17) is 5.73 Å².